The number of halogens is 2. The van der Waals surface area contributed by atoms with Gasteiger partial charge >= 0.3 is 0 Å². The smallest absolute Gasteiger partial charge is 0.298 e. The molecule has 1 heterocycles. The van der Waals surface area contributed by atoms with Gasteiger partial charge in [-0.3, -0.25) is 9.59 Å². The van der Waals surface area contributed by atoms with Crippen molar-refractivity contribution < 1.29 is 28.2 Å². The number of hydrogen-bond donors (Lipinski definition) is 0. The van der Waals surface area contributed by atoms with E-state index in [1.165, 1.54) is 13.2 Å². The Kier molecular flexibility index (Phi) is 7.63. The molecule has 180 valence electrons. The highest BCUT2D eigenvalue weighted by atomic mass is 35.5. The minimum absolute atomic E-state index is 0.0381. The maximum atomic E-state index is 14.0. The lowest BCUT2D eigenvalue weighted by Crippen LogP contribution is -2.28. The van der Waals surface area contributed by atoms with Gasteiger partial charge < -0.3 is 14.2 Å². The number of amides is 2. The molecule has 0 aliphatic carbocycles. The van der Waals surface area contributed by atoms with Crippen LogP contribution in [0.5, 0.6) is 17.2 Å². The van der Waals surface area contributed by atoms with Crippen molar-refractivity contribution in [3.63, 3.8) is 0 Å². The number of nitrogens with zero attached hydrogens (tertiary/aromatic N) is 1. The van der Waals surface area contributed by atoms with E-state index in [0.717, 1.165) is 16.7 Å². The van der Waals surface area contributed by atoms with E-state index in [0.29, 0.717) is 34.9 Å². The van der Waals surface area contributed by atoms with E-state index in [9.17, 15) is 14.0 Å². The Morgan fingerprint density at radius 1 is 1.03 bits per heavy atom. The summed E-state index contributed by atoms with van der Waals surface area (Å²) in [5, 5.41) is -0.214. The molecule has 1 saturated heterocycles. The SMILES string of the molecule is CCOc1cc(/C=C2\SC(=O)N(c3ccccc3OC)C2=O)cc(Cl)c1OCc1ccccc1F. The fourth-order valence-corrected chi connectivity index (χ4v) is 4.59. The van der Waals surface area contributed by atoms with Crippen LogP contribution >= 0.6 is 23.4 Å². The van der Waals surface area contributed by atoms with Gasteiger partial charge in [0.05, 0.1) is 29.3 Å². The number of anilines is 1. The zero-order valence-corrected chi connectivity index (χ0v) is 20.5. The summed E-state index contributed by atoms with van der Waals surface area (Å²) in [6.07, 6.45) is 1.56. The largest absolute Gasteiger partial charge is 0.495 e. The molecule has 0 aromatic heterocycles. The van der Waals surface area contributed by atoms with Crippen LogP contribution in [-0.4, -0.2) is 24.9 Å². The molecule has 4 rings (SSSR count). The van der Waals surface area contributed by atoms with Crippen LogP contribution < -0.4 is 19.1 Å². The molecule has 9 heteroatoms. The molecule has 0 bridgehead atoms. The first-order valence-corrected chi connectivity index (χ1v) is 11.9. The van der Waals surface area contributed by atoms with Gasteiger partial charge in [0.25, 0.3) is 11.1 Å². The quantitative estimate of drug-likeness (QED) is 0.312. The predicted octanol–water partition coefficient (Wildman–Crippen LogP) is 6.71. The van der Waals surface area contributed by atoms with Crippen LogP contribution in [0.1, 0.15) is 18.1 Å². The summed E-state index contributed by atoms with van der Waals surface area (Å²) in [6.45, 7) is 2.10. The number of para-hydroxylation sites is 2. The lowest BCUT2D eigenvalue weighted by atomic mass is 10.1. The molecule has 35 heavy (non-hydrogen) atoms. The maximum absolute atomic E-state index is 14.0. The average molecular weight is 514 g/mol. The van der Waals surface area contributed by atoms with Gasteiger partial charge in [0, 0.05) is 5.56 Å². The minimum atomic E-state index is -0.474. The van der Waals surface area contributed by atoms with Gasteiger partial charge in [0.15, 0.2) is 11.5 Å². The van der Waals surface area contributed by atoms with Gasteiger partial charge in [-0.25, -0.2) is 9.29 Å². The third kappa shape index (κ3) is 5.28. The summed E-state index contributed by atoms with van der Waals surface area (Å²) < 4.78 is 30.8. The standard InChI is InChI=1S/C26H21ClFNO5S/c1-3-33-22-13-16(12-18(27)24(22)34-15-17-8-4-5-9-19(17)28)14-23-25(30)29(26(31)35-23)20-10-6-7-11-21(20)32-2/h4-14H,3,15H2,1-2H3/b23-14-. The Hall–Kier alpha value is -3.49. The summed E-state index contributed by atoms with van der Waals surface area (Å²) in [4.78, 5) is 27.0. The number of rotatable bonds is 8. The molecule has 3 aromatic carbocycles. The monoisotopic (exact) mass is 513 g/mol. The van der Waals surface area contributed by atoms with Crippen molar-refractivity contribution in [3.05, 3.63) is 87.5 Å². The highest BCUT2D eigenvalue weighted by molar-refractivity contribution is 8.19. The van der Waals surface area contributed by atoms with Gasteiger partial charge in [0.1, 0.15) is 18.2 Å². The molecule has 0 spiro atoms. The van der Waals surface area contributed by atoms with Crippen molar-refractivity contribution in [2.24, 2.45) is 0 Å². The van der Waals surface area contributed by atoms with Crippen LogP contribution in [0.2, 0.25) is 5.02 Å². The van der Waals surface area contributed by atoms with Crippen molar-refractivity contribution in [1.82, 2.24) is 0 Å². The van der Waals surface area contributed by atoms with E-state index in [1.54, 1.807) is 67.6 Å². The first-order chi connectivity index (χ1) is 16.9. The summed E-state index contributed by atoms with van der Waals surface area (Å²) in [5.41, 5.74) is 1.29. The first-order valence-electron chi connectivity index (χ1n) is 10.7. The van der Waals surface area contributed by atoms with E-state index >= 15 is 0 Å². The molecule has 0 radical (unpaired) electrons. The van der Waals surface area contributed by atoms with Gasteiger partial charge in [-0.1, -0.05) is 41.9 Å². The van der Waals surface area contributed by atoms with Crippen molar-refractivity contribution in [2.75, 3.05) is 18.6 Å². The van der Waals surface area contributed by atoms with Gasteiger partial charge in [-0.2, -0.15) is 0 Å². The number of benzene rings is 3. The Balaban J connectivity index is 1.62. The molecule has 1 fully saturated rings. The van der Waals surface area contributed by atoms with Crippen molar-refractivity contribution in [2.45, 2.75) is 13.5 Å². The first kappa shape index (κ1) is 24.6. The van der Waals surface area contributed by atoms with Crippen LogP contribution in [0.15, 0.2) is 65.6 Å². The van der Waals surface area contributed by atoms with E-state index in [4.69, 9.17) is 25.8 Å². The van der Waals surface area contributed by atoms with E-state index < -0.39 is 11.1 Å². The summed E-state index contributed by atoms with van der Waals surface area (Å²) in [7, 11) is 1.47. The second kappa shape index (κ2) is 10.8. The molecule has 1 aliphatic heterocycles. The summed E-state index contributed by atoms with van der Waals surface area (Å²) >= 11 is 7.29. The molecule has 0 unspecified atom stereocenters. The highest BCUT2D eigenvalue weighted by Crippen LogP contribution is 2.42. The van der Waals surface area contributed by atoms with Gasteiger partial charge in [-0.05, 0) is 60.7 Å². The number of methoxy groups -OCH3 is 1. The van der Waals surface area contributed by atoms with Crippen LogP contribution in [-0.2, 0) is 11.4 Å². The van der Waals surface area contributed by atoms with Crippen LogP contribution in [0.25, 0.3) is 6.08 Å². The Bertz CT molecular complexity index is 1310. The van der Waals surface area contributed by atoms with Crippen LogP contribution in [0.4, 0.5) is 14.9 Å². The second-order valence-electron chi connectivity index (χ2n) is 7.33. The number of carbonyl (C=O) groups excluding carboxylic acids is 2. The zero-order valence-electron chi connectivity index (χ0n) is 18.9. The molecule has 2 amide bonds. The lowest BCUT2D eigenvalue weighted by Gasteiger charge is -2.16. The lowest BCUT2D eigenvalue weighted by molar-refractivity contribution is -0.113. The normalized spacial score (nSPS) is 14.5. The third-order valence-corrected chi connectivity index (χ3v) is 6.23. The third-order valence-electron chi connectivity index (χ3n) is 5.08. The van der Waals surface area contributed by atoms with E-state index in [1.807, 2.05) is 0 Å². The summed E-state index contributed by atoms with van der Waals surface area (Å²) in [5.74, 6) is 0.152. The number of hydrogen-bond acceptors (Lipinski definition) is 6. The van der Waals surface area contributed by atoms with Crippen molar-refractivity contribution in [3.8, 4) is 17.2 Å². The second-order valence-corrected chi connectivity index (χ2v) is 8.73. The molecule has 3 aromatic rings. The molecule has 6 nitrogen and oxygen atoms in total. The Labute approximate surface area is 211 Å². The molecular weight excluding hydrogens is 493 g/mol. The van der Waals surface area contributed by atoms with Gasteiger partial charge in [-0.15, -0.1) is 0 Å². The number of thioether (sulfide) groups is 1. The average Bonchev–Trinajstić information content (AvgIpc) is 3.12. The van der Waals surface area contributed by atoms with Crippen molar-refractivity contribution >= 4 is 46.3 Å². The molecule has 1 aliphatic rings. The zero-order chi connectivity index (χ0) is 24.9. The molecule has 0 saturated carbocycles. The number of carbonyl (C=O) groups is 2. The number of ether oxygens (including phenoxy) is 3. The van der Waals surface area contributed by atoms with Crippen LogP contribution in [0, 0.1) is 5.82 Å². The number of imide groups is 1. The molecule has 0 atom stereocenters. The topological polar surface area (TPSA) is 65.1 Å². The Morgan fingerprint density at radius 3 is 2.51 bits per heavy atom. The fourth-order valence-electron chi connectivity index (χ4n) is 3.48. The van der Waals surface area contributed by atoms with Crippen molar-refractivity contribution in [1.29, 1.82) is 0 Å². The maximum Gasteiger partial charge on any atom is 0.298 e. The predicted molar refractivity (Wildman–Crippen MR) is 135 cm³/mol. The highest BCUT2D eigenvalue weighted by Gasteiger charge is 2.37. The molecular formula is C26H21ClFNO5S. The fraction of sp³-hybridized carbons (Fsp3) is 0.154. The minimum Gasteiger partial charge on any atom is -0.495 e. The van der Waals surface area contributed by atoms with Crippen LogP contribution in [0.3, 0.4) is 0 Å². The van der Waals surface area contributed by atoms with Gasteiger partial charge in [0.2, 0.25) is 0 Å². The summed E-state index contributed by atoms with van der Waals surface area (Å²) in [6, 6.07) is 16.3. The van der Waals surface area contributed by atoms with E-state index in [2.05, 4.69) is 0 Å². The van der Waals surface area contributed by atoms with E-state index in [-0.39, 0.29) is 28.1 Å². The molecule has 0 N–H and O–H groups in total. The Morgan fingerprint density at radius 2 is 1.77 bits per heavy atom.